The zero-order valence-electron chi connectivity index (χ0n) is 17.6. The first-order chi connectivity index (χ1) is 14.5. The minimum absolute atomic E-state index is 0.324. The van der Waals surface area contributed by atoms with Crippen molar-refractivity contribution in [2.45, 2.75) is 20.2 Å². The van der Waals surface area contributed by atoms with Gasteiger partial charge >= 0.3 is 12.4 Å². The number of anilines is 2. The number of aryl methyl sites for hydroxylation is 2. The number of thiazole rings is 1. The number of nitrogens with zero attached hydrogens (tertiary/aromatic N) is 3. The van der Waals surface area contributed by atoms with E-state index in [2.05, 4.69) is 15.0 Å². The number of carbonyl (C=O) groups excluding carboxylic acids is 1. The van der Waals surface area contributed by atoms with E-state index >= 15 is 0 Å². The average Bonchev–Trinajstić information content (AvgIpc) is 3.06. The standard InChI is InChI=1S/C21H23F3N4O2S/c1-13-5-6-15(11-14(13)2)25-19(29)28(10-9-27(3)4)20-26-17-8-7-16(12-18(17)31-20)30-21(22,23)24/h5-8,11-12H,9-10H2,1-4H3,(H,25,29). The Balaban J connectivity index is 1.88. The molecule has 6 nitrogen and oxygen atoms in total. The lowest BCUT2D eigenvalue weighted by molar-refractivity contribution is -0.274. The molecule has 0 atom stereocenters. The van der Waals surface area contributed by atoms with Gasteiger partial charge in [-0.3, -0.25) is 4.90 Å². The molecule has 0 unspecified atom stereocenters. The van der Waals surface area contributed by atoms with Gasteiger partial charge in [-0.15, -0.1) is 13.2 Å². The van der Waals surface area contributed by atoms with Gasteiger partial charge < -0.3 is 15.0 Å². The van der Waals surface area contributed by atoms with Crippen molar-refractivity contribution in [2.75, 3.05) is 37.4 Å². The molecular formula is C21H23F3N4O2S. The number of ether oxygens (including phenoxy) is 1. The quantitative estimate of drug-likeness (QED) is 0.543. The summed E-state index contributed by atoms with van der Waals surface area (Å²) in [6, 6.07) is 9.20. The monoisotopic (exact) mass is 452 g/mol. The van der Waals surface area contributed by atoms with Crippen molar-refractivity contribution in [3.63, 3.8) is 0 Å². The highest BCUT2D eigenvalue weighted by Crippen LogP contribution is 2.33. The number of nitrogens with one attached hydrogen (secondary N) is 1. The summed E-state index contributed by atoms with van der Waals surface area (Å²) < 4.78 is 42.0. The van der Waals surface area contributed by atoms with Crippen molar-refractivity contribution in [2.24, 2.45) is 0 Å². The van der Waals surface area contributed by atoms with Gasteiger partial charge in [0, 0.05) is 24.8 Å². The van der Waals surface area contributed by atoms with Crippen LogP contribution in [0, 0.1) is 13.8 Å². The third-order valence-corrected chi connectivity index (χ3v) is 5.63. The highest BCUT2D eigenvalue weighted by atomic mass is 32.1. The summed E-state index contributed by atoms with van der Waals surface area (Å²) in [6.07, 6.45) is -4.77. The van der Waals surface area contributed by atoms with Gasteiger partial charge in [0.05, 0.1) is 10.2 Å². The van der Waals surface area contributed by atoms with Gasteiger partial charge in [0.1, 0.15) is 5.75 Å². The maximum atomic E-state index is 13.0. The SMILES string of the molecule is Cc1ccc(NC(=O)N(CCN(C)C)c2nc3ccc(OC(F)(F)F)cc3s2)cc1C. The van der Waals surface area contributed by atoms with Crippen LogP contribution >= 0.6 is 11.3 Å². The fourth-order valence-electron chi connectivity index (χ4n) is 2.80. The van der Waals surface area contributed by atoms with Crippen molar-refractivity contribution in [3.8, 4) is 5.75 Å². The van der Waals surface area contributed by atoms with Crippen molar-refractivity contribution in [3.05, 3.63) is 47.5 Å². The summed E-state index contributed by atoms with van der Waals surface area (Å²) >= 11 is 1.13. The molecule has 1 aromatic heterocycles. The number of hydrogen-bond donors (Lipinski definition) is 1. The summed E-state index contributed by atoms with van der Waals surface area (Å²) in [6.45, 7) is 4.89. The Morgan fingerprint density at radius 3 is 2.48 bits per heavy atom. The summed E-state index contributed by atoms with van der Waals surface area (Å²) in [5, 5.41) is 3.27. The van der Waals surface area contributed by atoms with Gasteiger partial charge in [-0.05, 0) is 63.3 Å². The predicted octanol–water partition coefficient (Wildman–Crippen LogP) is 5.41. The fourth-order valence-corrected chi connectivity index (χ4v) is 3.82. The molecule has 0 aliphatic carbocycles. The van der Waals surface area contributed by atoms with Crippen LogP contribution in [0.25, 0.3) is 10.2 Å². The lowest BCUT2D eigenvalue weighted by Gasteiger charge is -2.22. The van der Waals surface area contributed by atoms with Gasteiger partial charge in [0.15, 0.2) is 5.13 Å². The van der Waals surface area contributed by atoms with E-state index in [0.717, 1.165) is 22.5 Å². The summed E-state index contributed by atoms with van der Waals surface area (Å²) in [7, 11) is 3.77. The number of urea groups is 1. The number of amides is 2. The van der Waals surface area contributed by atoms with Crippen LogP contribution in [-0.2, 0) is 0 Å². The molecule has 2 aromatic carbocycles. The number of alkyl halides is 3. The van der Waals surface area contributed by atoms with Crippen molar-refractivity contribution in [1.82, 2.24) is 9.88 Å². The lowest BCUT2D eigenvalue weighted by atomic mass is 10.1. The van der Waals surface area contributed by atoms with Crippen LogP contribution in [0.15, 0.2) is 36.4 Å². The van der Waals surface area contributed by atoms with Crippen LogP contribution in [0.1, 0.15) is 11.1 Å². The zero-order chi connectivity index (χ0) is 22.8. The highest BCUT2D eigenvalue weighted by molar-refractivity contribution is 7.22. The minimum atomic E-state index is -4.77. The first-order valence-corrected chi connectivity index (χ1v) is 10.3. The van der Waals surface area contributed by atoms with E-state index in [-0.39, 0.29) is 11.8 Å². The zero-order valence-corrected chi connectivity index (χ0v) is 18.4. The third kappa shape index (κ3) is 6.08. The molecule has 0 saturated carbocycles. The minimum Gasteiger partial charge on any atom is -0.406 e. The molecule has 1 N–H and O–H groups in total. The van der Waals surface area contributed by atoms with Crippen LogP contribution in [0.5, 0.6) is 5.75 Å². The van der Waals surface area contributed by atoms with Gasteiger partial charge in [-0.1, -0.05) is 17.4 Å². The smallest absolute Gasteiger partial charge is 0.406 e. The average molecular weight is 453 g/mol. The highest BCUT2D eigenvalue weighted by Gasteiger charge is 2.31. The maximum absolute atomic E-state index is 13.0. The lowest BCUT2D eigenvalue weighted by Crippen LogP contribution is -2.39. The molecule has 0 saturated heterocycles. The number of benzene rings is 2. The second-order valence-corrected chi connectivity index (χ2v) is 8.37. The van der Waals surface area contributed by atoms with Crippen LogP contribution in [0.2, 0.25) is 0 Å². The van der Waals surface area contributed by atoms with Crippen LogP contribution in [-0.4, -0.2) is 49.5 Å². The fraction of sp³-hybridized carbons (Fsp3) is 0.333. The Morgan fingerprint density at radius 2 is 1.84 bits per heavy atom. The molecule has 0 bridgehead atoms. The summed E-state index contributed by atoms with van der Waals surface area (Å²) in [4.78, 5) is 20.9. The number of hydrogen-bond acceptors (Lipinski definition) is 5. The van der Waals surface area contributed by atoms with Gasteiger partial charge in [0.25, 0.3) is 0 Å². The normalized spacial score (nSPS) is 11.7. The molecular weight excluding hydrogens is 429 g/mol. The van der Waals surface area contributed by atoms with E-state index in [4.69, 9.17) is 0 Å². The van der Waals surface area contributed by atoms with E-state index in [1.807, 2.05) is 51.0 Å². The number of halogens is 3. The van der Waals surface area contributed by atoms with Crippen LogP contribution in [0.4, 0.5) is 28.8 Å². The van der Waals surface area contributed by atoms with Gasteiger partial charge in [0.2, 0.25) is 0 Å². The number of likely N-dealkylation sites (N-methyl/N-ethyl adjacent to an activating group) is 1. The number of aromatic nitrogens is 1. The number of fused-ring (bicyclic) bond motifs is 1. The largest absolute Gasteiger partial charge is 0.573 e. The molecule has 1 heterocycles. The van der Waals surface area contributed by atoms with Gasteiger partial charge in [-0.2, -0.15) is 0 Å². The van der Waals surface area contributed by atoms with E-state index in [0.29, 0.717) is 34.1 Å². The molecule has 31 heavy (non-hydrogen) atoms. The molecule has 0 fully saturated rings. The second kappa shape index (κ2) is 9.11. The number of rotatable bonds is 6. The Hall–Kier alpha value is -2.85. The summed E-state index contributed by atoms with van der Waals surface area (Å²) in [5.74, 6) is -0.324. The van der Waals surface area contributed by atoms with E-state index in [9.17, 15) is 18.0 Å². The van der Waals surface area contributed by atoms with E-state index in [1.165, 1.54) is 23.1 Å². The van der Waals surface area contributed by atoms with Crippen molar-refractivity contribution >= 4 is 38.4 Å². The first-order valence-electron chi connectivity index (χ1n) is 9.48. The summed E-state index contributed by atoms with van der Waals surface area (Å²) in [5.41, 5.74) is 3.31. The molecule has 166 valence electrons. The Morgan fingerprint density at radius 1 is 1.10 bits per heavy atom. The Kier molecular flexibility index (Phi) is 6.71. The molecule has 0 aliphatic rings. The third-order valence-electron chi connectivity index (χ3n) is 4.59. The molecule has 2 amide bonds. The van der Waals surface area contributed by atoms with E-state index < -0.39 is 6.36 Å². The second-order valence-electron chi connectivity index (χ2n) is 7.36. The van der Waals surface area contributed by atoms with Crippen molar-refractivity contribution in [1.29, 1.82) is 0 Å². The molecule has 0 radical (unpaired) electrons. The molecule has 0 aliphatic heterocycles. The molecule has 3 aromatic rings. The molecule has 0 spiro atoms. The van der Waals surface area contributed by atoms with Crippen LogP contribution < -0.4 is 15.0 Å². The first kappa shape index (κ1) is 22.8. The van der Waals surface area contributed by atoms with Crippen molar-refractivity contribution < 1.29 is 22.7 Å². The van der Waals surface area contributed by atoms with Gasteiger partial charge in [-0.25, -0.2) is 9.78 Å². The topological polar surface area (TPSA) is 57.7 Å². The Labute approximate surface area is 182 Å². The maximum Gasteiger partial charge on any atom is 0.573 e. The predicted molar refractivity (Wildman–Crippen MR) is 117 cm³/mol. The molecule has 3 rings (SSSR count). The van der Waals surface area contributed by atoms with Crippen LogP contribution in [0.3, 0.4) is 0 Å². The number of carbonyl (C=O) groups is 1. The Bertz CT molecular complexity index is 1080. The van der Waals surface area contributed by atoms with E-state index in [1.54, 1.807) is 0 Å². The molecule has 10 heteroatoms.